The molecule has 0 aromatic heterocycles. The van der Waals surface area contributed by atoms with E-state index >= 15 is 0 Å². The van der Waals surface area contributed by atoms with Crippen LogP contribution in [0, 0.1) is 0 Å². The van der Waals surface area contributed by atoms with E-state index in [1.165, 1.54) is 0 Å². The van der Waals surface area contributed by atoms with Gasteiger partial charge in [0.2, 0.25) is 5.66 Å². The number of carbonyl (C=O) groups excluding carboxylic acids is 2. The van der Waals surface area contributed by atoms with Crippen LogP contribution in [0.25, 0.3) is 0 Å². The summed E-state index contributed by atoms with van der Waals surface area (Å²) in [4.78, 5) is 48.7. The van der Waals surface area contributed by atoms with Crippen LogP contribution >= 0.6 is 0 Å². The number of amides is 2. The van der Waals surface area contributed by atoms with Crippen LogP contribution in [0.15, 0.2) is 60.7 Å². The quantitative estimate of drug-likeness (QED) is 0.339. The lowest BCUT2D eigenvalue weighted by atomic mass is 10.0. The second-order valence-corrected chi connectivity index (χ2v) is 7.25. The fraction of sp³-hybridized carbons (Fsp3) is 0.304. The van der Waals surface area contributed by atoms with Crippen molar-refractivity contribution in [3.8, 4) is 0 Å². The van der Waals surface area contributed by atoms with Gasteiger partial charge in [0.25, 0.3) is 0 Å². The fourth-order valence-corrected chi connectivity index (χ4v) is 2.95. The standard InChI is InChI=1S/C23H26N2O8/c24-23(20(28)29,14-8-7-13-19(26)27)25(21(30)32-15-17-9-3-1-4-10-17)22(31)33-16-18-11-5-2-6-12-18/h1-6,9-12H,7-8,13-16,24H2,(H,26,27)(H,28,29). The van der Waals surface area contributed by atoms with Crippen LogP contribution in [-0.2, 0) is 32.3 Å². The van der Waals surface area contributed by atoms with Crippen molar-refractivity contribution >= 4 is 24.1 Å². The largest absolute Gasteiger partial charge is 0.481 e. The van der Waals surface area contributed by atoms with Gasteiger partial charge in [0.15, 0.2) is 0 Å². The highest BCUT2D eigenvalue weighted by Crippen LogP contribution is 2.22. The Morgan fingerprint density at radius 2 is 1.24 bits per heavy atom. The van der Waals surface area contributed by atoms with Crippen molar-refractivity contribution in [3.05, 3.63) is 71.8 Å². The predicted molar refractivity (Wildman–Crippen MR) is 116 cm³/mol. The summed E-state index contributed by atoms with van der Waals surface area (Å²) in [7, 11) is 0. The molecule has 4 N–H and O–H groups in total. The van der Waals surface area contributed by atoms with E-state index in [0.29, 0.717) is 11.1 Å². The van der Waals surface area contributed by atoms with Gasteiger partial charge < -0.3 is 19.7 Å². The van der Waals surface area contributed by atoms with Crippen LogP contribution in [0.2, 0.25) is 0 Å². The molecule has 0 bridgehead atoms. The topological polar surface area (TPSA) is 156 Å². The Morgan fingerprint density at radius 3 is 1.64 bits per heavy atom. The summed E-state index contributed by atoms with van der Waals surface area (Å²) in [6.07, 6.45) is -3.06. The minimum atomic E-state index is -2.50. The van der Waals surface area contributed by atoms with Crippen LogP contribution in [0.3, 0.4) is 0 Å². The summed E-state index contributed by atoms with van der Waals surface area (Å²) in [5, 5.41) is 18.6. The molecule has 2 aromatic rings. The molecule has 176 valence electrons. The number of carboxylic acid groups (broad SMARTS) is 2. The number of benzene rings is 2. The third-order valence-electron chi connectivity index (χ3n) is 4.74. The summed E-state index contributed by atoms with van der Waals surface area (Å²) >= 11 is 0. The Hall–Kier alpha value is -3.92. The first-order chi connectivity index (χ1) is 15.7. The molecule has 2 rings (SSSR count). The molecule has 10 heteroatoms. The molecule has 0 fully saturated rings. The van der Waals surface area contributed by atoms with Gasteiger partial charge in [-0.05, 0) is 30.4 Å². The average molecular weight is 458 g/mol. The molecule has 0 heterocycles. The van der Waals surface area contributed by atoms with Gasteiger partial charge in [-0.25, -0.2) is 14.4 Å². The molecule has 0 radical (unpaired) electrons. The summed E-state index contributed by atoms with van der Waals surface area (Å²) < 4.78 is 10.3. The van der Waals surface area contributed by atoms with Crippen molar-refractivity contribution in [2.24, 2.45) is 5.73 Å². The van der Waals surface area contributed by atoms with Crippen molar-refractivity contribution in [3.63, 3.8) is 0 Å². The Morgan fingerprint density at radius 1 is 0.788 bits per heavy atom. The van der Waals surface area contributed by atoms with Crippen molar-refractivity contribution in [2.75, 3.05) is 0 Å². The van der Waals surface area contributed by atoms with E-state index in [4.69, 9.17) is 20.3 Å². The first kappa shape index (κ1) is 25.3. The van der Waals surface area contributed by atoms with Gasteiger partial charge in [-0.1, -0.05) is 60.7 Å². The van der Waals surface area contributed by atoms with Gasteiger partial charge in [0.05, 0.1) is 0 Å². The van der Waals surface area contributed by atoms with E-state index in [1.54, 1.807) is 60.7 Å². The van der Waals surface area contributed by atoms with E-state index in [2.05, 4.69) is 0 Å². The number of imide groups is 1. The van der Waals surface area contributed by atoms with Gasteiger partial charge in [-0.3, -0.25) is 10.5 Å². The molecule has 2 amide bonds. The first-order valence-corrected chi connectivity index (χ1v) is 10.2. The number of carbonyl (C=O) groups is 4. The molecule has 0 aliphatic carbocycles. The second kappa shape index (κ2) is 12.2. The number of carboxylic acids is 2. The first-order valence-electron chi connectivity index (χ1n) is 10.2. The molecule has 0 aliphatic rings. The lowest BCUT2D eigenvalue weighted by Crippen LogP contribution is -2.65. The average Bonchev–Trinajstić information content (AvgIpc) is 2.80. The number of aliphatic carboxylic acids is 2. The zero-order chi connectivity index (χ0) is 24.3. The maximum atomic E-state index is 12.8. The zero-order valence-electron chi connectivity index (χ0n) is 17.9. The van der Waals surface area contributed by atoms with E-state index in [0.717, 1.165) is 0 Å². The Balaban J connectivity index is 2.21. The van der Waals surface area contributed by atoms with E-state index in [-0.39, 0.29) is 37.4 Å². The highest BCUT2D eigenvalue weighted by Gasteiger charge is 2.48. The van der Waals surface area contributed by atoms with Gasteiger partial charge in [-0.15, -0.1) is 0 Å². The van der Waals surface area contributed by atoms with E-state index in [9.17, 15) is 24.3 Å². The lowest BCUT2D eigenvalue weighted by Gasteiger charge is -2.34. The van der Waals surface area contributed by atoms with E-state index in [1.807, 2.05) is 0 Å². The molecule has 0 spiro atoms. The van der Waals surface area contributed by atoms with Gasteiger partial charge in [0.1, 0.15) is 13.2 Å². The van der Waals surface area contributed by atoms with Crippen LogP contribution in [-0.4, -0.2) is 44.9 Å². The Kier molecular flexibility index (Phi) is 9.37. The highest BCUT2D eigenvalue weighted by atomic mass is 16.6. The number of unbranched alkanes of at least 4 members (excludes halogenated alkanes) is 1. The maximum absolute atomic E-state index is 12.8. The summed E-state index contributed by atoms with van der Waals surface area (Å²) in [5.41, 5.74) is 4.75. The van der Waals surface area contributed by atoms with Crippen molar-refractivity contribution in [2.45, 2.75) is 44.6 Å². The summed E-state index contributed by atoms with van der Waals surface area (Å²) in [6.45, 7) is -0.451. The normalized spacial score (nSPS) is 12.3. The van der Waals surface area contributed by atoms with Gasteiger partial charge >= 0.3 is 24.1 Å². The van der Waals surface area contributed by atoms with Crippen molar-refractivity contribution in [1.29, 1.82) is 0 Å². The smallest absolute Gasteiger partial charge is 0.421 e. The minimum absolute atomic E-state index is 0.0313. The van der Waals surface area contributed by atoms with Crippen LogP contribution < -0.4 is 5.73 Å². The molecule has 10 nitrogen and oxygen atoms in total. The Bertz CT molecular complexity index is 896. The molecule has 0 saturated carbocycles. The molecular weight excluding hydrogens is 432 g/mol. The van der Waals surface area contributed by atoms with Gasteiger partial charge in [-0.2, -0.15) is 4.90 Å². The van der Waals surface area contributed by atoms with E-state index < -0.39 is 36.2 Å². The zero-order valence-corrected chi connectivity index (χ0v) is 17.9. The number of hydrogen-bond donors (Lipinski definition) is 3. The molecule has 2 aromatic carbocycles. The number of ether oxygens (including phenoxy) is 2. The molecule has 33 heavy (non-hydrogen) atoms. The number of nitrogens with zero attached hydrogens (tertiary/aromatic N) is 1. The molecule has 0 saturated heterocycles. The number of hydrogen-bond acceptors (Lipinski definition) is 7. The van der Waals surface area contributed by atoms with Gasteiger partial charge in [0, 0.05) is 6.42 Å². The lowest BCUT2D eigenvalue weighted by molar-refractivity contribution is -0.150. The minimum Gasteiger partial charge on any atom is -0.481 e. The Labute approximate surface area is 190 Å². The second-order valence-electron chi connectivity index (χ2n) is 7.25. The van der Waals surface area contributed by atoms with Crippen molar-refractivity contribution < 1.29 is 38.9 Å². The third kappa shape index (κ3) is 7.62. The molecule has 1 unspecified atom stereocenters. The third-order valence-corrected chi connectivity index (χ3v) is 4.74. The number of rotatable bonds is 11. The van der Waals surface area contributed by atoms with Crippen molar-refractivity contribution in [1.82, 2.24) is 4.90 Å². The van der Waals surface area contributed by atoms with Crippen LogP contribution in [0.5, 0.6) is 0 Å². The molecule has 0 aliphatic heterocycles. The summed E-state index contributed by atoms with van der Waals surface area (Å²) in [5.74, 6) is -2.72. The SMILES string of the molecule is NC(CCCCC(=O)O)(C(=O)O)N(C(=O)OCc1ccccc1)C(=O)OCc1ccccc1. The van der Waals surface area contributed by atoms with Crippen LogP contribution in [0.4, 0.5) is 9.59 Å². The molecule has 1 atom stereocenters. The summed E-state index contributed by atoms with van der Waals surface area (Å²) in [6, 6.07) is 17.2. The predicted octanol–water partition coefficient (Wildman–Crippen LogP) is 3.35. The maximum Gasteiger partial charge on any atom is 0.421 e. The highest BCUT2D eigenvalue weighted by molar-refractivity contribution is 5.95. The number of nitrogens with two attached hydrogens (primary N) is 1. The monoisotopic (exact) mass is 458 g/mol. The molecular formula is C23H26N2O8. The fourth-order valence-electron chi connectivity index (χ4n) is 2.95. The van der Waals surface area contributed by atoms with Crippen LogP contribution in [0.1, 0.15) is 36.8 Å².